The molecule has 272 valence electrons. The van der Waals surface area contributed by atoms with E-state index in [0.29, 0.717) is 17.9 Å². The van der Waals surface area contributed by atoms with Crippen molar-refractivity contribution in [2.45, 2.75) is 57.1 Å². The van der Waals surface area contributed by atoms with E-state index in [-0.39, 0.29) is 47.0 Å². The normalized spacial score (nSPS) is 12.3. The maximum Gasteiger partial charge on any atom is 0.265 e. The zero-order valence-corrected chi connectivity index (χ0v) is 31.0. The maximum atomic E-state index is 14.9. The standard InChI is InChI=1S/C39H47N3O8S/c1-8-28(3)40-39(44)34(22-29-14-10-9-11-15-29)41(25-30-16-12-13-27(2)21-30)38(43)26-42(33-23-31(47-4)17-19-35(33)48-5)51(45,46)32-18-20-36(49-6)37(24-32)50-7/h9-21,23-24,28,34H,8,22,25-26H2,1-7H3,(H,40,44)/t28-,34+/m0/s1. The smallest absolute Gasteiger partial charge is 0.265 e. The summed E-state index contributed by atoms with van der Waals surface area (Å²) in [5, 5.41) is 3.05. The second-order valence-corrected chi connectivity index (χ2v) is 14.0. The monoisotopic (exact) mass is 717 g/mol. The largest absolute Gasteiger partial charge is 0.497 e. The van der Waals surface area contributed by atoms with Crippen molar-refractivity contribution in [1.29, 1.82) is 0 Å². The summed E-state index contributed by atoms with van der Waals surface area (Å²) < 4.78 is 52.2. The molecule has 4 rings (SSSR count). The fourth-order valence-electron chi connectivity index (χ4n) is 5.61. The van der Waals surface area contributed by atoms with E-state index >= 15 is 0 Å². The average molecular weight is 718 g/mol. The predicted molar refractivity (Wildman–Crippen MR) is 197 cm³/mol. The first-order valence-electron chi connectivity index (χ1n) is 16.6. The molecule has 0 bridgehead atoms. The lowest BCUT2D eigenvalue weighted by atomic mass is 10.0. The molecule has 51 heavy (non-hydrogen) atoms. The molecule has 4 aromatic rings. The van der Waals surface area contributed by atoms with Gasteiger partial charge in [-0.1, -0.05) is 67.1 Å². The molecule has 2 amide bonds. The number of hydrogen-bond acceptors (Lipinski definition) is 8. The van der Waals surface area contributed by atoms with Crippen LogP contribution in [0.5, 0.6) is 23.0 Å². The van der Waals surface area contributed by atoms with E-state index in [2.05, 4.69) is 5.32 Å². The van der Waals surface area contributed by atoms with Gasteiger partial charge in [-0.3, -0.25) is 13.9 Å². The van der Waals surface area contributed by atoms with Gasteiger partial charge in [0.25, 0.3) is 10.0 Å². The minimum atomic E-state index is -4.49. The lowest BCUT2D eigenvalue weighted by molar-refractivity contribution is -0.140. The number of sulfonamides is 1. The van der Waals surface area contributed by atoms with Crippen LogP contribution in [-0.2, 0) is 32.6 Å². The van der Waals surface area contributed by atoms with E-state index in [4.69, 9.17) is 18.9 Å². The Morgan fingerprint density at radius 2 is 1.43 bits per heavy atom. The summed E-state index contributed by atoms with van der Waals surface area (Å²) in [5.74, 6) is 0.102. The van der Waals surface area contributed by atoms with Gasteiger partial charge in [-0.15, -0.1) is 0 Å². The summed E-state index contributed by atoms with van der Waals surface area (Å²) >= 11 is 0. The Labute approximate surface area is 301 Å². The van der Waals surface area contributed by atoms with Crippen molar-refractivity contribution in [1.82, 2.24) is 10.2 Å². The molecule has 2 atom stereocenters. The highest BCUT2D eigenvalue weighted by atomic mass is 32.2. The van der Waals surface area contributed by atoms with Crippen LogP contribution in [0.15, 0.2) is 95.9 Å². The van der Waals surface area contributed by atoms with Crippen LogP contribution in [0.3, 0.4) is 0 Å². The van der Waals surface area contributed by atoms with Crippen molar-refractivity contribution in [3.63, 3.8) is 0 Å². The number of amides is 2. The number of methoxy groups -OCH3 is 4. The third-order valence-corrected chi connectivity index (χ3v) is 10.3. The zero-order valence-electron chi connectivity index (χ0n) is 30.2. The number of aryl methyl sites for hydroxylation is 1. The molecular weight excluding hydrogens is 671 g/mol. The van der Waals surface area contributed by atoms with Crippen LogP contribution < -0.4 is 28.6 Å². The highest BCUT2D eigenvalue weighted by molar-refractivity contribution is 7.92. The van der Waals surface area contributed by atoms with Gasteiger partial charge in [0.15, 0.2) is 11.5 Å². The number of nitrogens with one attached hydrogen (secondary N) is 1. The van der Waals surface area contributed by atoms with E-state index in [1.165, 1.54) is 57.6 Å². The van der Waals surface area contributed by atoms with E-state index in [1.807, 2.05) is 75.4 Å². The predicted octanol–water partition coefficient (Wildman–Crippen LogP) is 5.78. The Balaban J connectivity index is 1.90. The van der Waals surface area contributed by atoms with Gasteiger partial charge in [0, 0.05) is 31.1 Å². The summed E-state index contributed by atoms with van der Waals surface area (Å²) in [6, 6.07) is 24.8. The van der Waals surface area contributed by atoms with Gasteiger partial charge in [-0.05, 0) is 55.7 Å². The molecular formula is C39H47N3O8S. The van der Waals surface area contributed by atoms with Crippen molar-refractivity contribution < 1.29 is 37.0 Å². The number of hydrogen-bond donors (Lipinski definition) is 1. The van der Waals surface area contributed by atoms with Gasteiger partial charge < -0.3 is 29.2 Å². The minimum absolute atomic E-state index is 0.0471. The average Bonchev–Trinajstić information content (AvgIpc) is 3.14. The Bertz CT molecular complexity index is 1900. The molecule has 0 spiro atoms. The first kappa shape index (κ1) is 38.6. The lowest BCUT2D eigenvalue weighted by Gasteiger charge is -2.34. The summed E-state index contributed by atoms with van der Waals surface area (Å²) in [7, 11) is 1.23. The number of nitrogens with zero attached hydrogens (tertiary/aromatic N) is 2. The summed E-state index contributed by atoms with van der Waals surface area (Å²) in [6.45, 7) is 5.18. The van der Waals surface area contributed by atoms with E-state index in [9.17, 15) is 18.0 Å². The fourth-order valence-corrected chi connectivity index (χ4v) is 7.04. The molecule has 0 aliphatic carbocycles. The molecule has 0 aliphatic heterocycles. The van der Waals surface area contributed by atoms with Gasteiger partial charge in [0.05, 0.1) is 39.0 Å². The minimum Gasteiger partial charge on any atom is -0.497 e. The second-order valence-electron chi connectivity index (χ2n) is 12.1. The number of benzene rings is 4. The Hall–Kier alpha value is -5.23. The first-order chi connectivity index (χ1) is 24.4. The van der Waals surface area contributed by atoms with E-state index < -0.39 is 28.5 Å². The number of ether oxygens (including phenoxy) is 4. The molecule has 0 fully saturated rings. The Morgan fingerprint density at radius 1 is 0.765 bits per heavy atom. The Morgan fingerprint density at radius 3 is 2.06 bits per heavy atom. The van der Waals surface area contributed by atoms with Crippen LogP contribution in [-0.4, -0.2) is 72.2 Å². The maximum absolute atomic E-state index is 14.9. The van der Waals surface area contributed by atoms with Crippen LogP contribution in [0.1, 0.15) is 37.0 Å². The number of carbonyl (C=O) groups is 2. The molecule has 0 saturated carbocycles. The highest BCUT2D eigenvalue weighted by Crippen LogP contribution is 2.38. The van der Waals surface area contributed by atoms with E-state index in [0.717, 1.165) is 21.0 Å². The molecule has 4 aromatic carbocycles. The zero-order chi connectivity index (χ0) is 37.1. The molecule has 0 saturated heterocycles. The topological polar surface area (TPSA) is 124 Å². The van der Waals surface area contributed by atoms with Gasteiger partial charge >= 0.3 is 0 Å². The van der Waals surface area contributed by atoms with Crippen molar-refractivity contribution >= 4 is 27.5 Å². The lowest BCUT2D eigenvalue weighted by Crippen LogP contribution is -2.54. The van der Waals surface area contributed by atoms with E-state index in [1.54, 1.807) is 12.1 Å². The quantitative estimate of drug-likeness (QED) is 0.146. The third kappa shape index (κ3) is 9.52. The number of rotatable bonds is 17. The molecule has 11 nitrogen and oxygen atoms in total. The van der Waals surface area contributed by atoms with Gasteiger partial charge in [0.1, 0.15) is 24.1 Å². The van der Waals surface area contributed by atoms with Gasteiger partial charge in [0.2, 0.25) is 11.8 Å². The number of carbonyl (C=O) groups excluding carboxylic acids is 2. The van der Waals surface area contributed by atoms with Crippen molar-refractivity contribution in [3.8, 4) is 23.0 Å². The van der Waals surface area contributed by atoms with Crippen molar-refractivity contribution in [2.75, 3.05) is 39.3 Å². The van der Waals surface area contributed by atoms with Crippen molar-refractivity contribution in [3.05, 3.63) is 108 Å². The first-order valence-corrected chi connectivity index (χ1v) is 18.1. The fraction of sp³-hybridized carbons (Fsp3) is 0.333. The number of anilines is 1. The molecule has 0 aliphatic rings. The molecule has 0 heterocycles. The van der Waals surface area contributed by atoms with Gasteiger partial charge in [-0.2, -0.15) is 0 Å². The summed E-state index contributed by atoms with van der Waals surface area (Å²) in [5.41, 5.74) is 2.67. The highest BCUT2D eigenvalue weighted by Gasteiger charge is 2.36. The SMILES string of the molecule is CC[C@H](C)NC(=O)[C@@H](Cc1ccccc1)N(Cc1cccc(C)c1)C(=O)CN(c1cc(OC)ccc1OC)S(=O)(=O)c1ccc(OC)c(OC)c1. The van der Waals surface area contributed by atoms with Crippen LogP contribution in [0.2, 0.25) is 0 Å². The molecule has 0 aromatic heterocycles. The molecule has 0 unspecified atom stereocenters. The summed E-state index contributed by atoms with van der Waals surface area (Å²) in [6.07, 6.45) is 0.883. The van der Waals surface area contributed by atoms with Crippen LogP contribution in [0.25, 0.3) is 0 Å². The van der Waals surface area contributed by atoms with Crippen molar-refractivity contribution in [2.24, 2.45) is 0 Å². The van der Waals surface area contributed by atoms with Crippen LogP contribution >= 0.6 is 0 Å². The third-order valence-electron chi connectivity index (χ3n) is 8.58. The second kappa shape index (κ2) is 17.6. The Kier molecular flexibility index (Phi) is 13.3. The van der Waals surface area contributed by atoms with Crippen LogP contribution in [0.4, 0.5) is 5.69 Å². The molecule has 1 N–H and O–H groups in total. The van der Waals surface area contributed by atoms with Gasteiger partial charge in [-0.25, -0.2) is 8.42 Å². The summed E-state index contributed by atoms with van der Waals surface area (Å²) in [4.78, 5) is 30.3. The van der Waals surface area contributed by atoms with Crippen LogP contribution in [0, 0.1) is 6.92 Å². The molecule has 0 radical (unpaired) electrons. The molecule has 12 heteroatoms.